The first-order valence-corrected chi connectivity index (χ1v) is 5.80. The molecule has 0 aliphatic carbocycles. The lowest BCUT2D eigenvalue weighted by molar-refractivity contribution is 0.0930. The zero-order chi connectivity index (χ0) is 12.0. The molecule has 1 unspecified atom stereocenters. The van der Waals surface area contributed by atoms with Gasteiger partial charge in [-0.3, -0.25) is 4.79 Å². The fraction of sp³-hybridized carbons (Fsp3) is 0.385. The van der Waals surface area contributed by atoms with Gasteiger partial charge in [-0.1, -0.05) is 37.3 Å². The molecule has 3 heteroatoms. The molecule has 0 saturated heterocycles. The zero-order valence-corrected chi connectivity index (χ0v) is 10.4. The summed E-state index contributed by atoms with van der Waals surface area (Å²) in [6.45, 7) is 4.32. The van der Waals surface area contributed by atoms with Crippen molar-refractivity contribution < 1.29 is 9.53 Å². The molecule has 2 nitrogen and oxygen atoms in total. The van der Waals surface area contributed by atoms with Gasteiger partial charge in [0.2, 0.25) is 0 Å². The summed E-state index contributed by atoms with van der Waals surface area (Å²) in [5.74, 6) is -0.0101. The molecule has 1 atom stereocenters. The normalized spacial score (nSPS) is 11.9. The van der Waals surface area contributed by atoms with E-state index in [0.29, 0.717) is 18.1 Å². The minimum atomic E-state index is -0.124. The molecule has 0 fully saturated rings. The first-order valence-electron chi connectivity index (χ1n) is 5.40. The highest BCUT2D eigenvalue weighted by Crippen LogP contribution is 2.13. The Labute approximate surface area is 102 Å². The smallest absolute Gasteiger partial charge is 0.166 e. The van der Waals surface area contributed by atoms with Crippen LogP contribution in [-0.2, 0) is 4.74 Å². The summed E-state index contributed by atoms with van der Waals surface area (Å²) in [6, 6.07) is 9.26. The monoisotopic (exact) mass is 236 g/mol. The van der Waals surface area contributed by atoms with Crippen LogP contribution in [0, 0.1) is 5.92 Å². The number of carbonyl (C=O) groups excluding carboxylic acids is 1. The average molecular weight is 236 g/mol. The van der Waals surface area contributed by atoms with E-state index in [1.165, 1.54) is 0 Å². The van der Waals surface area contributed by atoms with Crippen LogP contribution in [-0.4, -0.2) is 17.4 Å². The summed E-state index contributed by atoms with van der Waals surface area (Å²) in [5.41, 5.74) is 0.731. The summed E-state index contributed by atoms with van der Waals surface area (Å²) < 4.78 is 5.18. The molecule has 0 amide bonds. The van der Waals surface area contributed by atoms with E-state index >= 15 is 0 Å². The molecule has 1 rings (SSSR count). The Morgan fingerprint density at radius 3 is 2.56 bits per heavy atom. The van der Waals surface area contributed by atoms with Crippen LogP contribution < -0.4 is 0 Å². The van der Waals surface area contributed by atoms with Gasteiger partial charge in [0.05, 0.1) is 6.61 Å². The lowest BCUT2D eigenvalue weighted by Gasteiger charge is -2.11. The van der Waals surface area contributed by atoms with Crippen LogP contribution in [0.2, 0.25) is 0 Å². The number of hydrogen-bond donors (Lipinski definition) is 0. The Balaban J connectivity index is 2.58. The van der Waals surface area contributed by atoms with Gasteiger partial charge in [0.25, 0.3) is 0 Å². The average Bonchev–Trinajstić information content (AvgIpc) is 2.29. The molecule has 0 bridgehead atoms. The highest BCUT2D eigenvalue weighted by atomic mass is 32.1. The van der Waals surface area contributed by atoms with E-state index in [-0.39, 0.29) is 11.7 Å². The summed E-state index contributed by atoms with van der Waals surface area (Å²) in [7, 11) is 0. The van der Waals surface area contributed by atoms with E-state index in [0.717, 1.165) is 5.56 Å². The molecule has 0 saturated carbocycles. The Kier molecular flexibility index (Phi) is 5.12. The topological polar surface area (TPSA) is 26.3 Å². The third-order valence-electron chi connectivity index (χ3n) is 2.28. The van der Waals surface area contributed by atoms with Crippen molar-refractivity contribution in [1.29, 1.82) is 0 Å². The van der Waals surface area contributed by atoms with Crippen LogP contribution in [0.25, 0.3) is 0 Å². The van der Waals surface area contributed by atoms with Crippen molar-refractivity contribution in [3.05, 3.63) is 35.9 Å². The molecule has 0 N–H and O–H groups in total. The van der Waals surface area contributed by atoms with Crippen molar-refractivity contribution in [3.63, 3.8) is 0 Å². The summed E-state index contributed by atoms with van der Waals surface area (Å²) in [5, 5.41) is 0.513. The number of ketones is 1. The van der Waals surface area contributed by atoms with Gasteiger partial charge in [-0.2, -0.15) is 0 Å². The molecular weight excluding hydrogens is 220 g/mol. The molecule has 1 aromatic rings. The van der Waals surface area contributed by atoms with Crippen LogP contribution in [0.3, 0.4) is 0 Å². The van der Waals surface area contributed by atoms with Crippen molar-refractivity contribution in [2.75, 3.05) is 6.61 Å². The van der Waals surface area contributed by atoms with E-state index < -0.39 is 0 Å². The SMILES string of the molecule is CCOC(=S)CC(C)C(=O)c1ccccc1. The van der Waals surface area contributed by atoms with Gasteiger partial charge in [-0.15, -0.1) is 0 Å². The van der Waals surface area contributed by atoms with Gasteiger partial charge in [0, 0.05) is 17.9 Å². The number of thiocarbonyl (C=S) groups is 1. The third kappa shape index (κ3) is 3.74. The van der Waals surface area contributed by atoms with Crippen molar-refractivity contribution >= 4 is 23.1 Å². The highest BCUT2D eigenvalue weighted by Gasteiger charge is 2.16. The predicted molar refractivity (Wildman–Crippen MR) is 68.8 cm³/mol. The van der Waals surface area contributed by atoms with Gasteiger partial charge in [0.15, 0.2) is 10.8 Å². The van der Waals surface area contributed by atoms with Gasteiger partial charge < -0.3 is 4.74 Å². The number of rotatable bonds is 5. The van der Waals surface area contributed by atoms with E-state index in [2.05, 4.69) is 0 Å². The van der Waals surface area contributed by atoms with E-state index in [1.54, 1.807) is 0 Å². The number of carbonyl (C=O) groups is 1. The number of ether oxygens (including phenoxy) is 1. The first-order chi connectivity index (χ1) is 7.65. The van der Waals surface area contributed by atoms with E-state index in [4.69, 9.17) is 17.0 Å². The Hall–Kier alpha value is -1.22. The van der Waals surface area contributed by atoms with Crippen molar-refractivity contribution in [2.24, 2.45) is 5.92 Å². The standard InChI is InChI=1S/C13H16O2S/c1-3-15-12(16)9-10(2)13(14)11-7-5-4-6-8-11/h4-8,10H,3,9H2,1-2H3. The van der Waals surface area contributed by atoms with Gasteiger partial charge >= 0.3 is 0 Å². The Morgan fingerprint density at radius 2 is 2.00 bits per heavy atom. The highest BCUT2D eigenvalue weighted by molar-refractivity contribution is 7.80. The van der Waals surface area contributed by atoms with Crippen LogP contribution in [0.4, 0.5) is 0 Å². The summed E-state index contributed by atoms with van der Waals surface area (Å²) in [4.78, 5) is 12.0. The lowest BCUT2D eigenvalue weighted by atomic mass is 9.97. The number of hydrogen-bond acceptors (Lipinski definition) is 3. The molecule has 0 aromatic heterocycles. The molecule has 0 heterocycles. The maximum atomic E-state index is 12.0. The van der Waals surface area contributed by atoms with Crippen LogP contribution in [0.15, 0.2) is 30.3 Å². The minimum absolute atomic E-state index is 0.114. The molecule has 0 spiro atoms. The van der Waals surface area contributed by atoms with Crippen molar-refractivity contribution in [1.82, 2.24) is 0 Å². The third-order valence-corrected chi connectivity index (χ3v) is 2.57. The summed E-state index contributed by atoms with van der Waals surface area (Å²) in [6.07, 6.45) is 0.511. The zero-order valence-electron chi connectivity index (χ0n) is 9.60. The number of Topliss-reactive ketones (excluding diaryl/α,β-unsaturated/α-hetero) is 1. The van der Waals surface area contributed by atoms with E-state index in [1.807, 2.05) is 44.2 Å². The van der Waals surface area contributed by atoms with E-state index in [9.17, 15) is 4.79 Å². The second-order valence-electron chi connectivity index (χ2n) is 3.64. The lowest BCUT2D eigenvalue weighted by Crippen LogP contribution is -2.16. The van der Waals surface area contributed by atoms with Crippen LogP contribution >= 0.6 is 12.2 Å². The maximum absolute atomic E-state index is 12.0. The molecule has 0 aliphatic heterocycles. The number of benzene rings is 1. The molecule has 16 heavy (non-hydrogen) atoms. The van der Waals surface area contributed by atoms with Crippen molar-refractivity contribution in [2.45, 2.75) is 20.3 Å². The van der Waals surface area contributed by atoms with Crippen LogP contribution in [0.1, 0.15) is 30.6 Å². The predicted octanol–water partition coefficient (Wildman–Crippen LogP) is 3.26. The van der Waals surface area contributed by atoms with Gasteiger partial charge in [0.1, 0.15) is 0 Å². The second-order valence-corrected chi connectivity index (χ2v) is 4.10. The molecule has 1 aromatic carbocycles. The van der Waals surface area contributed by atoms with Crippen LogP contribution in [0.5, 0.6) is 0 Å². The fourth-order valence-corrected chi connectivity index (χ4v) is 1.82. The van der Waals surface area contributed by atoms with Gasteiger partial charge in [-0.05, 0) is 19.1 Å². The quantitative estimate of drug-likeness (QED) is 0.580. The summed E-state index contributed by atoms with van der Waals surface area (Å²) >= 11 is 5.02. The molecule has 86 valence electrons. The minimum Gasteiger partial charge on any atom is -0.487 e. The molecule has 0 aliphatic rings. The Bertz CT molecular complexity index is 359. The molecular formula is C13H16O2S. The Morgan fingerprint density at radius 1 is 1.38 bits per heavy atom. The van der Waals surface area contributed by atoms with Gasteiger partial charge in [-0.25, -0.2) is 0 Å². The fourth-order valence-electron chi connectivity index (χ4n) is 1.45. The second kappa shape index (κ2) is 6.38. The largest absolute Gasteiger partial charge is 0.487 e. The van der Waals surface area contributed by atoms with Crippen molar-refractivity contribution in [3.8, 4) is 0 Å². The maximum Gasteiger partial charge on any atom is 0.166 e. The molecule has 0 radical (unpaired) electrons. The first kappa shape index (κ1) is 12.8.